The van der Waals surface area contributed by atoms with Gasteiger partial charge in [-0.15, -0.1) is 11.3 Å². The number of aromatic nitrogens is 1. The second kappa shape index (κ2) is 5.70. The maximum absolute atomic E-state index is 5.23. The number of nitrogens with zero attached hydrogens (tertiary/aromatic N) is 1. The predicted octanol–water partition coefficient (Wildman–Crippen LogP) is 4.50. The lowest BCUT2D eigenvalue weighted by atomic mass is 9.95. The van der Waals surface area contributed by atoms with Gasteiger partial charge < -0.3 is 9.84 Å². The molecule has 0 spiro atoms. The second-order valence-electron chi connectivity index (χ2n) is 6.36. The van der Waals surface area contributed by atoms with E-state index in [0.717, 1.165) is 18.0 Å². The Morgan fingerprint density at radius 1 is 1.30 bits per heavy atom. The summed E-state index contributed by atoms with van der Waals surface area (Å²) in [5, 5.41) is 7.57. The number of hydrogen-bond donors (Lipinski definition) is 1. The average molecular weight is 292 g/mol. The van der Waals surface area contributed by atoms with Gasteiger partial charge in [-0.3, -0.25) is 0 Å². The molecule has 0 aliphatic rings. The summed E-state index contributed by atoms with van der Waals surface area (Å²) in [4.78, 5) is 2.80. The van der Waals surface area contributed by atoms with Crippen molar-refractivity contribution in [2.45, 2.75) is 59.5 Å². The standard InChI is InChI=1S/C16H24N2OS/c1-10(15-11(2)18-19-12(15)3)17-9-13-7-8-14(20-13)16(4,5)6/h7-8,10,17H,9H2,1-6H3. The third-order valence-electron chi connectivity index (χ3n) is 3.50. The van der Waals surface area contributed by atoms with Gasteiger partial charge in [-0.2, -0.15) is 0 Å². The van der Waals surface area contributed by atoms with Crippen LogP contribution in [0.4, 0.5) is 0 Å². The van der Waals surface area contributed by atoms with Crippen LogP contribution >= 0.6 is 11.3 Å². The Balaban J connectivity index is 2.01. The van der Waals surface area contributed by atoms with Crippen molar-refractivity contribution < 1.29 is 4.52 Å². The molecular weight excluding hydrogens is 268 g/mol. The molecule has 0 aliphatic carbocycles. The van der Waals surface area contributed by atoms with Gasteiger partial charge in [0.1, 0.15) is 5.76 Å². The summed E-state index contributed by atoms with van der Waals surface area (Å²) >= 11 is 1.89. The molecule has 2 aromatic rings. The highest BCUT2D eigenvalue weighted by atomic mass is 32.1. The Labute approximate surface area is 125 Å². The van der Waals surface area contributed by atoms with Crippen LogP contribution in [0.5, 0.6) is 0 Å². The molecule has 0 radical (unpaired) electrons. The molecule has 0 aromatic carbocycles. The number of aryl methyl sites for hydroxylation is 2. The maximum Gasteiger partial charge on any atom is 0.138 e. The molecule has 0 fully saturated rings. The molecule has 0 saturated heterocycles. The number of hydrogen-bond acceptors (Lipinski definition) is 4. The molecule has 3 nitrogen and oxygen atoms in total. The number of rotatable bonds is 4. The van der Waals surface area contributed by atoms with E-state index in [9.17, 15) is 0 Å². The van der Waals surface area contributed by atoms with Gasteiger partial charge in [0, 0.05) is 27.9 Å². The molecule has 0 aliphatic heterocycles. The Hall–Kier alpha value is -1.13. The maximum atomic E-state index is 5.23. The average Bonchev–Trinajstić information content (AvgIpc) is 2.93. The normalized spacial score (nSPS) is 13.7. The molecule has 0 bridgehead atoms. The van der Waals surface area contributed by atoms with Crippen molar-refractivity contribution in [3.63, 3.8) is 0 Å². The lowest BCUT2D eigenvalue weighted by molar-refractivity contribution is 0.390. The summed E-state index contributed by atoms with van der Waals surface area (Å²) in [6, 6.07) is 4.71. The highest BCUT2D eigenvalue weighted by molar-refractivity contribution is 7.12. The Morgan fingerprint density at radius 3 is 2.50 bits per heavy atom. The van der Waals surface area contributed by atoms with Gasteiger partial charge in [0.05, 0.1) is 5.69 Å². The Bertz CT molecular complexity index is 558. The van der Waals surface area contributed by atoms with E-state index in [-0.39, 0.29) is 11.5 Å². The van der Waals surface area contributed by atoms with Crippen LogP contribution in [0.3, 0.4) is 0 Å². The van der Waals surface area contributed by atoms with Crippen LogP contribution in [0.2, 0.25) is 0 Å². The van der Waals surface area contributed by atoms with Crippen LogP contribution in [0.25, 0.3) is 0 Å². The fourth-order valence-corrected chi connectivity index (χ4v) is 3.36. The van der Waals surface area contributed by atoms with Crippen LogP contribution in [0, 0.1) is 13.8 Å². The van der Waals surface area contributed by atoms with E-state index in [2.05, 4.69) is 50.3 Å². The van der Waals surface area contributed by atoms with Gasteiger partial charge in [-0.25, -0.2) is 0 Å². The summed E-state index contributed by atoms with van der Waals surface area (Å²) in [5.74, 6) is 0.907. The van der Waals surface area contributed by atoms with Gasteiger partial charge in [0.2, 0.25) is 0 Å². The van der Waals surface area contributed by atoms with Crippen LogP contribution in [0.15, 0.2) is 16.7 Å². The molecule has 110 valence electrons. The van der Waals surface area contributed by atoms with Gasteiger partial charge in [0.25, 0.3) is 0 Å². The first-order chi connectivity index (χ1) is 9.29. The van der Waals surface area contributed by atoms with Crippen molar-refractivity contribution >= 4 is 11.3 Å². The lowest BCUT2D eigenvalue weighted by Gasteiger charge is -2.15. The van der Waals surface area contributed by atoms with Gasteiger partial charge >= 0.3 is 0 Å². The molecule has 0 saturated carbocycles. The molecule has 1 N–H and O–H groups in total. The fraction of sp³-hybridized carbons (Fsp3) is 0.562. The molecular formula is C16H24N2OS. The monoisotopic (exact) mass is 292 g/mol. The van der Waals surface area contributed by atoms with Crippen molar-refractivity contribution in [2.75, 3.05) is 0 Å². The number of thiophene rings is 1. The quantitative estimate of drug-likeness (QED) is 0.901. The molecule has 20 heavy (non-hydrogen) atoms. The Morgan fingerprint density at radius 2 is 2.00 bits per heavy atom. The molecule has 4 heteroatoms. The van der Waals surface area contributed by atoms with Crippen LogP contribution in [0.1, 0.15) is 60.5 Å². The summed E-state index contributed by atoms with van der Waals surface area (Å²) < 4.78 is 5.23. The number of nitrogens with one attached hydrogen (secondary N) is 1. The molecule has 1 atom stereocenters. The van der Waals surface area contributed by atoms with E-state index in [0.29, 0.717) is 0 Å². The first kappa shape index (κ1) is 15.3. The van der Waals surface area contributed by atoms with Gasteiger partial charge in [-0.05, 0) is 38.3 Å². The summed E-state index contributed by atoms with van der Waals surface area (Å²) in [6.45, 7) is 13.8. The zero-order chi connectivity index (χ0) is 14.9. The molecule has 2 heterocycles. The van der Waals surface area contributed by atoms with Crippen molar-refractivity contribution in [3.05, 3.63) is 38.9 Å². The van der Waals surface area contributed by atoms with E-state index in [1.165, 1.54) is 15.3 Å². The summed E-state index contributed by atoms with van der Waals surface area (Å²) in [5.41, 5.74) is 2.39. The molecule has 1 unspecified atom stereocenters. The summed E-state index contributed by atoms with van der Waals surface area (Å²) in [7, 11) is 0. The SMILES string of the molecule is Cc1noc(C)c1C(C)NCc1ccc(C(C)(C)C)s1. The third kappa shape index (κ3) is 3.30. The zero-order valence-corrected chi connectivity index (χ0v) is 14.0. The predicted molar refractivity (Wildman–Crippen MR) is 84.3 cm³/mol. The highest BCUT2D eigenvalue weighted by Gasteiger charge is 2.18. The zero-order valence-electron chi connectivity index (χ0n) is 13.2. The van der Waals surface area contributed by atoms with Crippen LogP contribution in [-0.4, -0.2) is 5.16 Å². The van der Waals surface area contributed by atoms with E-state index >= 15 is 0 Å². The minimum atomic E-state index is 0.232. The topological polar surface area (TPSA) is 38.1 Å². The molecule has 2 aromatic heterocycles. The van der Waals surface area contributed by atoms with Crippen LogP contribution in [-0.2, 0) is 12.0 Å². The second-order valence-corrected chi connectivity index (χ2v) is 7.52. The van der Waals surface area contributed by atoms with E-state index in [1.54, 1.807) is 0 Å². The largest absolute Gasteiger partial charge is 0.361 e. The lowest BCUT2D eigenvalue weighted by Crippen LogP contribution is -2.18. The van der Waals surface area contributed by atoms with E-state index in [4.69, 9.17) is 4.52 Å². The van der Waals surface area contributed by atoms with Gasteiger partial charge in [-0.1, -0.05) is 25.9 Å². The van der Waals surface area contributed by atoms with E-state index in [1.807, 2.05) is 25.2 Å². The molecule has 2 rings (SSSR count). The van der Waals surface area contributed by atoms with Crippen molar-refractivity contribution in [1.29, 1.82) is 0 Å². The third-order valence-corrected chi connectivity index (χ3v) is 5.02. The Kier molecular flexibility index (Phi) is 4.35. The van der Waals surface area contributed by atoms with Crippen molar-refractivity contribution in [1.82, 2.24) is 10.5 Å². The van der Waals surface area contributed by atoms with Crippen molar-refractivity contribution in [3.8, 4) is 0 Å². The minimum absolute atomic E-state index is 0.232. The summed E-state index contributed by atoms with van der Waals surface area (Å²) in [6.07, 6.45) is 0. The first-order valence-electron chi connectivity index (χ1n) is 7.04. The molecule has 0 amide bonds. The smallest absolute Gasteiger partial charge is 0.138 e. The van der Waals surface area contributed by atoms with Crippen LogP contribution < -0.4 is 5.32 Å². The van der Waals surface area contributed by atoms with Crippen molar-refractivity contribution in [2.24, 2.45) is 0 Å². The minimum Gasteiger partial charge on any atom is -0.361 e. The first-order valence-corrected chi connectivity index (χ1v) is 7.86. The highest BCUT2D eigenvalue weighted by Crippen LogP contribution is 2.30. The fourth-order valence-electron chi connectivity index (χ4n) is 2.34. The van der Waals surface area contributed by atoms with E-state index < -0.39 is 0 Å². The van der Waals surface area contributed by atoms with Gasteiger partial charge in [0.15, 0.2) is 0 Å².